The zero-order valence-electron chi connectivity index (χ0n) is 25.6. The van der Waals surface area contributed by atoms with Crippen LogP contribution in [0.2, 0.25) is 0 Å². The second-order valence-electron chi connectivity index (χ2n) is 12.2. The van der Waals surface area contributed by atoms with E-state index in [-0.39, 0.29) is 6.17 Å². The van der Waals surface area contributed by atoms with E-state index in [9.17, 15) is 0 Å². The number of rotatable bonds is 4. The molecule has 2 heteroatoms. The largest absolute Gasteiger partial charge is 0.660 e. The fourth-order valence-corrected chi connectivity index (χ4v) is 7.33. The zero-order valence-corrected chi connectivity index (χ0v) is 25.6. The van der Waals surface area contributed by atoms with Crippen LogP contribution in [0.25, 0.3) is 71.0 Å². The van der Waals surface area contributed by atoms with E-state index in [4.69, 9.17) is 5.32 Å². The molecule has 1 atom stereocenters. The molecule has 0 aromatic heterocycles. The van der Waals surface area contributed by atoms with Crippen molar-refractivity contribution in [3.63, 3.8) is 0 Å². The summed E-state index contributed by atoms with van der Waals surface area (Å²) in [7, 11) is 2.15. The number of fused-ring (bicyclic) bond motifs is 4. The summed E-state index contributed by atoms with van der Waals surface area (Å²) < 4.78 is 0. The number of benzene rings is 8. The van der Waals surface area contributed by atoms with E-state index >= 15 is 0 Å². The molecule has 218 valence electrons. The van der Waals surface area contributed by atoms with Crippen LogP contribution in [0.4, 0.5) is 11.4 Å². The van der Waals surface area contributed by atoms with Gasteiger partial charge in [0.25, 0.3) is 0 Å². The van der Waals surface area contributed by atoms with E-state index in [2.05, 4.69) is 176 Å². The molecule has 0 bridgehead atoms. The molecule has 0 N–H and O–H groups in total. The molecule has 8 aromatic carbocycles. The first-order chi connectivity index (χ1) is 22.7. The third-order valence-electron chi connectivity index (χ3n) is 9.53. The third-order valence-corrected chi connectivity index (χ3v) is 9.53. The van der Waals surface area contributed by atoms with Gasteiger partial charge in [-0.2, -0.15) is 0 Å². The van der Waals surface area contributed by atoms with Gasteiger partial charge in [0.2, 0.25) is 0 Å². The molecular weight excluding hydrogens is 556 g/mol. The van der Waals surface area contributed by atoms with Gasteiger partial charge in [0.05, 0.1) is 0 Å². The van der Waals surface area contributed by atoms with Gasteiger partial charge in [0.1, 0.15) is 0 Å². The lowest BCUT2D eigenvalue weighted by molar-refractivity contribution is 0.823. The average Bonchev–Trinajstić information content (AvgIpc) is 3.46. The van der Waals surface area contributed by atoms with Crippen molar-refractivity contribution in [2.75, 3.05) is 11.9 Å². The number of anilines is 1. The highest BCUT2D eigenvalue weighted by Gasteiger charge is 2.21. The quantitative estimate of drug-likeness (QED) is 0.187. The monoisotopic (exact) mass is 587 g/mol. The van der Waals surface area contributed by atoms with Crippen LogP contribution in [0.5, 0.6) is 0 Å². The van der Waals surface area contributed by atoms with Gasteiger partial charge in [-0.25, -0.2) is 0 Å². The van der Waals surface area contributed by atoms with Crippen LogP contribution < -0.4 is 4.90 Å². The van der Waals surface area contributed by atoms with Crippen LogP contribution in [-0.4, -0.2) is 7.05 Å². The molecule has 0 spiro atoms. The Labute approximate surface area is 269 Å². The van der Waals surface area contributed by atoms with Gasteiger partial charge in [0.15, 0.2) is 0 Å². The van der Waals surface area contributed by atoms with Crippen LogP contribution in [0.3, 0.4) is 0 Å². The molecule has 1 heterocycles. The van der Waals surface area contributed by atoms with Gasteiger partial charge in [0, 0.05) is 12.7 Å². The van der Waals surface area contributed by atoms with Crippen LogP contribution >= 0.6 is 0 Å². The first kappa shape index (κ1) is 26.5. The summed E-state index contributed by atoms with van der Waals surface area (Å²) >= 11 is 0. The summed E-state index contributed by atoms with van der Waals surface area (Å²) in [6.45, 7) is 0. The Kier molecular flexibility index (Phi) is 6.14. The van der Waals surface area contributed by atoms with E-state index in [0.717, 1.165) is 11.4 Å². The van der Waals surface area contributed by atoms with Crippen molar-refractivity contribution >= 4 is 43.7 Å². The van der Waals surface area contributed by atoms with Gasteiger partial charge in [-0.05, 0) is 89.6 Å². The Morgan fingerprint density at radius 1 is 0.435 bits per heavy atom. The lowest BCUT2D eigenvalue weighted by atomic mass is 9.85. The zero-order chi connectivity index (χ0) is 30.6. The minimum absolute atomic E-state index is 0.0716. The topological polar surface area (TPSA) is 17.3 Å². The minimum Gasteiger partial charge on any atom is -0.660 e. The molecule has 1 aliphatic heterocycles. The van der Waals surface area contributed by atoms with E-state index in [1.165, 1.54) is 71.3 Å². The Morgan fingerprint density at radius 3 is 1.70 bits per heavy atom. The summed E-state index contributed by atoms with van der Waals surface area (Å²) in [4.78, 5) is 2.29. The molecule has 9 rings (SSSR count). The predicted octanol–water partition coefficient (Wildman–Crippen LogP) is 12.3. The molecule has 1 aliphatic rings. The molecule has 0 radical (unpaired) electrons. The van der Waals surface area contributed by atoms with E-state index in [1.807, 2.05) is 0 Å². The van der Waals surface area contributed by atoms with Crippen molar-refractivity contribution in [3.8, 4) is 33.4 Å². The molecule has 1 unspecified atom stereocenters. The average molecular weight is 588 g/mol. The van der Waals surface area contributed by atoms with Gasteiger partial charge in [-0.15, -0.1) is 5.69 Å². The Bertz CT molecular complexity index is 2370. The van der Waals surface area contributed by atoms with Crippen molar-refractivity contribution in [1.82, 2.24) is 0 Å². The summed E-state index contributed by atoms with van der Waals surface area (Å²) in [5.74, 6) is 0. The Morgan fingerprint density at radius 2 is 1.00 bits per heavy atom. The predicted molar refractivity (Wildman–Crippen MR) is 196 cm³/mol. The maximum absolute atomic E-state index is 5.30. The molecular formula is C44H31N2-. The molecule has 8 aromatic rings. The van der Waals surface area contributed by atoms with Crippen molar-refractivity contribution in [3.05, 3.63) is 175 Å². The van der Waals surface area contributed by atoms with Gasteiger partial charge >= 0.3 is 0 Å². The number of nitrogens with zero attached hydrogens (tertiary/aromatic N) is 2. The normalized spacial score (nSPS) is 14.1. The minimum atomic E-state index is -0.0716. The second-order valence-corrected chi connectivity index (χ2v) is 12.2. The van der Waals surface area contributed by atoms with Gasteiger partial charge < -0.3 is 10.2 Å². The highest BCUT2D eigenvalue weighted by molar-refractivity contribution is 6.22. The highest BCUT2D eigenvalue weighted by atomic mass is 15.3. The van der Waals surface area contributed by atoms with Crippen LogP contribution in [0.15, 0.2) is 164 Å². The van der Waals surface area contributed by atoms with Crippen molar-refractivity contribution in [2.45, 2.75) is 6.17 Å². The molecule has 0 aliphatic carbocycles. The maximum Gasteiger partial charge on any atom is 0.0204 e. The lowest BCUT2D eigenvalue weighted by Gasteiger charge is -2.32. The van der Waals surface area contributed by atoms with E-state index < -0.39 is 0 Å². The molecule has 0 saturated carbocycles. The molecule has 2 nitrogen and oxygen atoms in total. The molecule has 0 amide bonds. The number of hydrogen-bond acceptors (Lipinski definition) is 1. The van der Waals surface area contributed by atoms with Crippen LogP contribution in [-0.2, 0) is 0 Å². The van der Waals surface area contributed by atoms with Crippen LogP contribution in [0, 0.1) is 0 Å². The lowest BCUT2D eigenvalue weighted by Crippen LogP contribution is -2.18. The Balaban J connectivity index is 1.18. The smallest absolute Gasteiger partial charge is 0.0204 e. The number of hydrogen-bond donors (Lipinski definition) is 0. The van der Waals surface area contributed by atoms with E-state index in [0.29, 0.717) is 0 Å². The first-order valence-corrected chi connectivity index (χ1v) is 15.9. The van der Waals surface area contributed by atoms with Crippen LogP contribution in [0.1, 0.15) is 11.7 Å². The molecule has 0 saturated heterocycles. The summed E-state index contributed by atoms with van der Waals surface area (Å²) in [6.07, 6.45) is -0.0716. The van der Waals surface area contributed by atoms with Crippen molar-refractivity contribution < 1.29 is 0 Å². The standard InChI is InChI=1S/C44H31N2/c1-46-41-25-24-34(28-40(41)45-44(46)35-17-11-16-32(27-35)29-12-3-2-4-13-29)43-38-20-9-7-18-36(38)42(37-19-8-10-21-39(37)43)33-23-22-30-14-5-6-15-31(30)26-33/h2-28,44H,1H3/q-1. The highest BCUT2D eigenvalue weighted by Crippen LogP contribution is 2.52. The fourth-order valence-electron chi connectivity index (χ4n) is 7.33. The third kappa shape index (κ3) is 4.26. The van der Waals surface area contributed by atoms with E-state index in [1.54, 1.807) is 0 Å². The maximum atomic E-state index is 5.30. The SMILES string of the molecule is CN1c2ccc(-c3c4ccccc4c(-c4ccc5ccccc5c4)c4ccccc34)cc2[N-]C1c1cccc(-c2ccccc2)c1. The Hall–Kier alpha value is -5.86. The first-order valence-electron chi connectivity index (χ1n) is 15.9. The van der Waals surface area contributed by atoms with Crippen molar-refractivity contribution in [2.24, 2.45) is 0 Å². The summed E-state index contributed by atoms with van der Waals surface area (Å²) in [6, 6.07) is 59.3. The molecule has 0 fully saturated rings. The fraction of sp³-hybridized carbons (Fsp3) is 0.0455. The van der Waals surface area contributed by atoms with Gasteiger partial charge in [-0.3, -0.25) is 0 Å². The summed E-state index contributed by atoms with van der Waals surface area (Å²) in [5.41, 5.74) is 10.8. The van der Waals surface area contributed by atoms with Gasteiger partial charge in [-0.1, -0.05) is 152 Å². The molecule has 46 heavy (non-hydrogen) atoms. The summed E-state index contributed by atoms with van der Waals surface area (Å²) in [5, 5.41) is 12.8. The van der Waals surface area contributed by atoms with Crippen molar-refractivity contribution in [1.29, 1.82) is 0 Å². The second kappa shape index (κ2) is 10.6.